The van der Waals surface area contributed by atoms with Crippen molar-refractivity contribution < 1.29 is 10.2 Å². The third-order valence-corrected chi connectivity index (χ3v) is 2.02. The first-order valence-electron chi connectivity index (χ1n) is 3.48. The van der Waals surface area contributed by atoms with E-state index in [1.807, 2.05) is 0 Å². The molecule has 4 heteroatoms. The highest BCUT2D eigenvalue weighted by Crippen LogP contribution is 2.16. The molecule has 0 amide bonds. The Kier molecular flexibility index (Phi) is 2.25. The Labute approximate surface area is 59.8 Å². The fourth-order valence-corrected chi connectivity index (χ4v) is 1.23. The number of aliphatic hydroxyl groups excluding tert-OH is 2. The monoisotopic (exact) mass is 146 g/mol. The maximum absolute atomic E-state index is 9.13. The van der Waals surface area contributed by atoms with Crippen molar-refractivity contribution in [3.63, 3.8) is 0 Å². The Bertz CT molecular complexity index is 94.3. The summed E-state index contributed by atoms with van der Waals surface area (Å²) in [6.07, 6.45) is -0.366. The summed E-state index contributed by atoms with van der Waals surface area (Å²) in [5.74, 6) is 0. The predicted octanol–water partition coefficient (Wildman–Crippen LogP) is -1.84. The maximum atomic E-state index is 9.13. The molecule has 10 heavy (non-hydrogen) atoms. The summed E-state index contributed by atoms with van der Waals surface area (Å²) in [6, 6.07) is -0.531. The molecule has 0 heterocycles. The van der Waals surface area contributed by atoms with Crippen LogP contribution in [0.4, 0.5) is 0 Å². The van der Waals surface area contributed by atoms with Crippen molar-refractivity contribution in [2.24, 2.45) is 11.5 Å². The molecule has 1 aliphatic rings. The van der Waals surface area contributed by atoms with Crippen molar-refractivity contribution in [3.8, 4) is 0 Å². The topological polar surface area (TPSA) is 92.5 Å². The molecule has 0 aliphatic heterocycles. The summed E-state index contributed by atoms with van der Waals surface area (Å²) in [6.45, 7) is 0. The van der Waals surface area contributed by atoms with Gasteiger partial charge in [0.2, 0.25) is 0 Å². The second-order valence-electron chi connectivity index (χ2n) is 2.93. The van der Waals surface area contributed by atoms with Gasteiger partial charge in [-0.25, -0.2) is 0 Å². The van der Waals surface area contributed by atoms with E-state index < -0.39 is 12.2 Å². The zero-order valence-corrected chi connectivity index (χ0v) is 5.77. The Morgan fingerprint density at radius 1 is 0.900 bits per heavy atom. The molecule has 1 aliphatic carbocycles. The van der Waals surface area contributed by atoms with Crippen LogP contribution in [0.5, 0.6) is 0 Å². The fourth-order valence-electron chi connectivity index (χ4n) is 1.23. The minimum atomic E-state index is -0.588. The standard InChI is InChI=1S/C6H14N2O2/c7-3-1-4(8)6(10)2-5(3)9/h3-6,9-10H,1-2,7-8H2/t3-,4+,5-,6-/m0/s1. The average Bonchev–Trinajstić information content (AvgIpc) is 1.84. The van der Waals surface area contributed by atoms with Gasteiger partial charge >= 0.3 is 0 Å². The Morgan fingerprint density at radius 3 is 1.60 bits per heavy atom. The number of hydrogen-bond acceptors (Lipinski definition) is 4. The van der Waals surface area contributed by atoms with Crippen LogP contribution < -0.4 is 11.5 Å². The van der Waals surface area contributed by atoms with Crippen LogP contribution in [0.2, 0.25) is 0 Å². The maximum Gasteiger partial charge on any atom is 0.0716 e. The average molecular weight is 146 g/mol. The lowest BCUT2D eigenvalue weighted by Gasteiger charge is -2.32. The molecule has 0 bridgehead atoms. The van der Waals surface area contributed by atoms with Gasteiger partial charge in [-0.2, -0.15) is 0 Å². The van der Waals surface area contributed by atoms with Crippen LogP contribution in [-0.4, -0.2) is 34.5 Å². The van der Waals surface area contributed by atoms with Gasteiger partial charge in [0.05, 0.1) is 12.2 Å². The molecule has 1 rings (SSSR count). The Hall–Kier alpha value is -0.160. The van der Waals surface area contributed by atoms with Gasteiger partial charge in [0.15, 0.2) is 0 Å². The van der Waals surface area contributed by atoms with Crippen LogP contribution >= 0.6 is 0 Å². The highest BCUT2D eigenvalue weighted by atomic mass is 16.3. The van der Waals surface area contributed by atoms with Crippen LogP contribution in [0.15, 0.2) is 0 Å². The number of hydrogen-bond donors (Lipinski definition) is 4. The first-order chi connectivity index (χ1) is 4.61. The van der Waals surface area contributed by atoms with Crippen LogP contribution in [-0.2, 0) is 0 Å². The number of nitrogens with two attached hydrogens (primary N) is 2. The van der Waals surface area contributed by atoms with Crippen molar-refractivity contribution in [2.45, 2.75) is 37.1 Å². The van der Waals surface area contributed by atoms with E-state index in [0.29, 0.717) is 12.8 Å². The molecule has 0 aromatic rings. The van der Waals surface area contributed by atoms with Gasteiger partial charge in [-0.3, -0.25) is 0 Å². The van der Waals surface area contributed by atoms with E-state index >= 15 is 0 Å². The molecular weight excluding hydrogens is 132 g/mol. The quantitative estimate of drug-likeness (QED) is 0.323. The van der Waals surface area contributed by atoms with Gasteiger partial charge in [-0.05, 0) is 6.42 Å². The molecule has 0 radical (unpaired) electrons. The smallest absolute Gasteiger partial charge is 0.0716 e. The van der Waals surface area contributed by atoms with Gasteiger partial charge in [0.1, 0.15) is 0 Å². The van der Waals surface area contributed by atoms with Crippen LogP contribution in [0, 0.1) is 0 Å². The zero-order chi connectivity index (χ0) is 7.72. The van der Waals surface area contributed by atoms with Crippen LogP contribution in [0.25, 0.3) is 0 Å². The number of rotatable bonds is 0. The van der Waals surface area contributed by atoms with Gasteiger partial charge in [-0.1, -0.05) is 0 Å². The molecule has 0 unspecified atom stereocenters. The summed E-state index contributed by atoms with van der Waals surface area (Å²) >= 11 is 0. The molecule has 0 saturated heterocycles. The highest BCUT2D eigenvalue weighted by molar-refractivity contribution is 4.89. The Balaban J connectivity index is 2.46. The minimum Gasteiger partial charge on any atom is -0.391 e. The van der Waals surface area contributed by atoms with E-state index in [1.54, 1.807) is 0 Å². The van der Waals surface area contributed by atoms with Crippen molar-refractivity contribution in [1.82, 2.24) is 0 Å². The van der Waals surface area contributed by atoms with Gasteiger partial charge < -0.3 is 21.7 Å². The third-order valence-electron chi connectivity index (χ3n) is 2.02. The molecule has 0 spiro atoms. The lowest BCUT2D eigenvalue weighted by atomic mass is 9.87. The SMILES string of the molecule is N[C@@H]1C[C@H](N)[C@@H](O)C[C@@H]1O. The molecule has 4 nitrogen and oxygen atoms in total. The molecule has 4 atom stereocenters. The second-order valence-corrected chi connectivity index (χ2v) is 2.93. The van der Waals surface area contributed by atoms with E-state index in [9.17, 15) is 0 Å². The van der Waals surface area contributed by atoms with E-state index in [2.05, 4.69) is 0 Å². The normalized spacial score (nSPS) is 49.2. The van der Waals surface area contributed by atoms with E-state index in [0.717, 1.165) is 0 Å². The third kappa shape index (κ3) is 1.46. The molecular formula is C6H14N2O2. The molecule has 0 aromatic carbocycles. The molecule has 1 fully saturated rings. The predicted molar refractivity (Wildman–Crippen MR) is 37.2 cm³/mol. The van der Waals surface area contributed by atoms with Gasteiger partial charge in [0.25, 0.3) is 0 Å². The summed E-state index contributed by atoms with van der Waals surface area (Å²) in [4.78, 5) is 0. The minimum absolute atomic E-state index is 0.265. The molecule has 0 aromatic heterocycles. The van der Waals surface area contributed by atoms with Crippen LogP contribution in [0.3, 0.4) is 0 Å². The van der Waals surface area contributed by atoms with Crippen molar-refractivity contribution in [2.75, 3.05) is 0 Å². The summed E-state index contributed by atoms with van der Waals surface area (Å²) < 4.78 is 0. The van der Waals surface area contributed by atoms with E-state index in [-0.39, 0.29) is 12.1 Å². The van der Waals surface area contributed by atoms with Crippen molar-refractivity contribution in [3.05, 3.63) is 0 Å². The van der Waals surface area contributed by atoms with Crippen LogP contribution in [0.1, 0.15) is 12.8 Å². The zero-order valence-electron chi connectivity index (χ0n) is 5.77. The van der Waals surface area contributed by atoms with E-state index in [4.69, 9.17) is 21.7 Å². The summed E-state index contributed by atoms with van der Waals surface area (Å²) in [5.41, 5.74) is 11.0. The second kappa shape index (κ2) is 2.84. The first-order valence-corrected chi connectivity index (χ1v) is 3.48. The largest absolute Gasteiger partial charge is 0.391 e. The number of aliphatic hydroxyl groups is 2. The first kappa shape index (κ1) is 7.94. The van der Waals surface area contributed by atoms with E-state index in [1.165, 1.54) is 0 Å². The summed E-state index contributed by atoms with van der Waals surface area (Å²) in [5, 5.41) is 18.3. The molecule has 1 saturated carbocycles. The Morgan fingerprint density at radius 2 is 1.30 bits per heavy atom. The van der Waals surface area contributed by atoms with Gasteiger partial charge in [-0.15, -0.1) is 0 Å². The fraction of sp³-hybridized carbons (Fsp3) is 1.00. The molecule has 6 N–H and O–H groups in total. The summed E-state index contributed by atoms with van der Waals surface area (Å²) in [7, 11) is 0. The lowest BCUT2D eigenvalue weighted by Crippen LogP contribution is -2.52. The van der Waals surface area contributed by atoms with Crippen molar-refractivity contribution in [1.29, 1.82) is 0 Å². The van der Waals surface area contributed by atoms with Gasteiger partial charge in [0, 0.05) is 18.5 Å². The van der Waals surface area contributed by atoms with Crippen molar-refractivity contribution >= 4 is 0 Å². The molecule has 60 valence electrons. The highest BCUT2D eigenvalue weighted by Gasteiger charge is 2.30. The lowest BCUT2D eigenvalue weighted by molar-refractivity contribution is 0.0145.